The van der Waals surface area contributed by atoms with E-state index in [0.717, 1.165) is 0 Å². The fourth-order valence-electron chi connectivity index (χ4n) is 1.30. The summed E-state index contributed by atoms with van der Waals surface area (Å²) in [5.74, 6) is -0.0454. The molecule has 1 rings (SSSR count). The number of hydrogen-bond donors (Lipinski definition) is 1. The van der Waals surface area contributed by atoms with Crippen molar-refractivity contribution in [3.05, 3.63) is 29.8 Å². The minimum absolute atomic E-state index is 0.00802. The lowest BCUT2D eigenvalue weighted by molar-refractivity contribution is -0.123. The number of phenolic OH excluding ortho intramolecular Hbond substituents is 1. The van der Waals surface area contributed by atoms with Crippen LogP contribution in [0, 0.1) is 0 Å². The number of aromatic hydroxyl groups is 1. The zero-order valence-electron chi connectivity index (χ0n) is 9.77. The fraction of sp³-hybridized carbons (Fsp3) is 0.231. The zero-order valence-corrected chi connectivity index (χ0v) is 9.77. The minimum Gasteiger partial charge on any atom is -0.504 e. The maximum absolute atomic E-state index is 11.2. The summed E-state index contributed by atoms with van der Waals surface area (Å²) in [4.78, 5) is 21.9. The summed E-state index contributed by atoms with van der Waals surface area (Å²) in [6.07, 6.45) is 2.77. The number of carbonyl (C=O) groups is 2. The monoisotopic (exact) mass is 234 g/mol. The van der Waals surface area contributed by atoms with Crippen molar-refractivity contribution in [3.8, 4) is 11.5 Å². The highest BCUT2D eigenvalue weighted by molar-refractivity contribution is 6.05. The minimum atomic E-state index is -0.257. The van der Waals surface area contributed by atoms with Gasteiger partial charge in [-0.25, -0.2) is 0 Å². The van der Waals surface area contributed by atoms with E-state index >= 15 is 0 Å². The number of phenols is 1. The SMILES string of the molecule is COc1ccc(C=CC(=O)CC(C)=O)cc1O. The smallest absolute Gasteiger partial charge is 0.163 e. The Balaban J connectivity index is 2.75. The van der Waals surface area contributed by atoms with Crippen LogP contribution in [0.1, 0.15) is 18.9 Å². The summed E-state index contributed by atoms with van der Waals surface area (Å²) in [5.41, 5.74) is 0.667. The first-order valence-electron chi connectivity index (χ1n) is 5.10. The van der Waals surface area contributed by atoms with Crippen molar-refractivity contribution >= 4 is 17.6 Å². The second kappa shape index (κ2) is 5.84. The van der Waals surface area contributed by atoms with Crippen LogP contribution < -0.4 is 4.74 Å². The molecule has 90 valence electrons. The van der Waals surface area contributed by atoms with Gasteiger partial charge in [-0.1, -0.05) is 12.1 Å². The Morgan fingerprint density at radius 2 is 2.12 bits per heavy atom. The molecule has 0 spiro atoms. The normalized spacial score (nSPS) is 10.5. The number of Topliss-reactive ketones (excluding diaryl/α,β-unsaturated/α-hetero) is 1. The van der Waals surface area contributed by atoms with Crippen molar-refractivity contribution in [1.82, 2.24) is 0 Å². The molecule has 0 atom stereocenters. The van der Waals surface area contributed by atoms with Gasteiger partial charge in [-0.3, -0.25) is 9.59 Å². The van der Waals surface area contributed by atoms with Crippen LogP contribution in [0.15, 0.2) is 24.3 Å². The maximum atomic E-state index is 11.2. The van der Waals surface area contributed by atoms with Gasteiger partial charge >= 0.3 is 0 Å². The molecule has 0 radical (unpaired) electrons. The Bertz CT molecular complexity index is 460. The van der Waals surface area contributed by atoms with Crippen LogP contribution >= 0.6 is 0 Å². The van der Waals surface area contributed by atoms with Gasteiger partial charge in [0.2, 0.25) is 0 Å². The summed E-state index contributed by atoms with van der Waals surface area (Å²) in [6, 6.07) is 4.79. The van der Waals surface area contributed by atoms with E-state index in [0.29, 0.717) is 11.3 Å². The van der Waals surface area contributed by atoms with E-state index < -0.39 is 0 Å². The number of carbonyl (C=O) groups excluding carboxylic acids is 2. The highest BCUT2D eigenvalue weighted by atomic mass is 16.5. The van der Waals surface area contributed by atoms with Gasteiger partial charge in [0.1, 0.15) is 5.78 Å². The molecule has 17 heavy (non-hydrogen) atoms. The number of methoxy groups -OCH3 is 1. The Hall–Kier alpha value is -2.10. The zero-order chi connectivity index (χ0) is 12.8. The van der Waals surface area contributed by atoms with E-state index in [1.807, 2.05) is 0 Å². The molecule has 0 aliphatic heterocycles. The molecule has 0 aliphatic carbocycles. The van der Waals surface area contributed by atoms with Crippen LogP contribution in [-0.2, 0) is 9.59 Å². The number of allylic oxidation sites excluding steroid dienone is 1. The highest BCUT2D eigenvalue weighted by Gasteiger charge is 2.02. The van der Waals surface area contributed by atoms with Crippen molar-refractivity contribution in [2.24, 2.45) is 0 Å². The first-order valence-corrected chi connectivity index (χ1v) is 5.10. The number of rotatable bonds is 5. The molecule has 0 amide bonds. The fourth-order valence-corrected chi connectivity index (χ4v) is 1.30. The first-order chi connectivity index (χ1) is 8.02. The molecular weight excluding hydrogens is 220 g/mol. The number of ketones is 2. The number of benzene rings is 1. The van der Waals surface area contributed by atoms with Gasteiger partial charge in [-0.2, -0.15) is 0 Å². The van der Waals surface area contributed by atoms with Gasteiger partial charge in [0.05, 0.1) is 13.5 Å². The van der Waals surface area contributed by atoms with Crippen molar-refractivity contribution < 1.29 is 19.4 Å². The summed E-state index contributed by atoms with van der Waals surface area (Å²) in [7, 11) is 1.46. The van der Waals surface area contributed by atoms with Crippen LogP contribution in [0.2, 0.25) is 0 Å². The molecule has 0 aromatic heterocycles. The summed E-state index contributed by atoms with van der Waals surface area (Å²) >= 11 is 0. The molecule has 1 N–H and O–H groups in total. The van der Waals surface area contributed by atoms with E-state index in [-0.39, 0.29) is 23.7 Å². The molecule has 4 heteroatoms. The van der Waals surface area contributed by atoms with E-state index in [1.165, 1.54) is 26.2 Å². The Kier molecular flexibility index (Phi) is 4.46. The van der Waals surface area contributed by atoms with Crippen LogP contribution in [0.3, 0.4) is 0 Å². The molecule has 0 saturated carbocycles. The van der Waals surface area contributed by atoms with Crippen LogP contribution in [0.5, 0.6) is 11.5 Å². The van der Waals surface area contributed by atoms with Crippen LogP contribution in [0.25, 0.3) is 6.08 Å². The Morgan fingerprint density at radius 3 is 2.65 bits per heavy atom. The van der Waals surface area contributed by atoms with Gasteiger partial charge in [0, 0.05) is 0 Å². The van der Waals surface area contributed by atoms with Crippen LogP contribution in [-0.4, -0.2) is 23.8 Å². The summed E-state index contributed by atoms with van der Waals surface area (Å²) in [5, 5.41) is 9.50. The Morgan fingerprint density at radius 1 is 1.41 bits per heavy atom. The summed E-state index contributed by atoms with van der Waals surface area (Å²) < 4.78 is 4.89. The van der Waals surface area contributed by atoms with E-state index in [9.17, 15) is 14.7 Å². The van der Waals surface area contributed by atoms with E-state index in [2.05, 4.69) is 0 Å². The van der Waals surface area contributed by atoms with Crippen molar-refractivity contribution in [3.63, 3.8) is 0 Å². The molecule has 0 unspecified atom stereocenters. The topological polar surface area (TPSA) is 63.6 Å². The third kappa shape index (κ3) is 4.10. The lowest BCUT2D eigenvalue weighted by Crippen LogP contribution is -1.99. The second-order valence-corrected chi connectivity index (χ2v) is 3.61. The summed E-state index contributed by atoms with van der Waals surface area (Å²) in [6.45, 7) is 1.37. The molecular formula is C13H14O4. The Labute approximate surface area is 99.5 Å². The van der Waals surface area contributed by atoms with Crippen molar-refractivity contribution in [2.75, 3.05) is 7.11 Å². The molecule has 0 fully saturated rings. The number of ether oxygens (including phenoxy) is 1. The third-order valence-corrected chi connectivity index (χ3v) is 2.09. The van der Waals surface area contributed by atoms with Gasteiger partial charge in [-0.05, 0) is 30.7 Å². The van der Waals surface area contributed by atoms with Crippen molar-refractivity contribution in [2.45, 2.75) is 13.3 Å². The van der Waals surface area contributed by atoms with Crippen molar-refractivity contribution in [1.29, 1.82) is 0 Å². The molecule has 0 saturated heterocycles. The number of hydrogen-bond acceptors (Lipinski definition) is 4. The van der Waals surface area contributed by atoms with E-state index in [4.69, 9.17) is 4.74 Å². The average molecular weight is 234 g/mol. The van der Waals surface area contributed by atoms with E-state index in [1.54, 1.807) is 18.2 Å². The quantitative estimate of drug-likeness (QED) is 0.625. The lowest BCUT2D eigenvalue weighted by atomic mass is 10.1. The largest absolute Gasteiger partial charge is 0.504 e. The first kappa shape index (κ1) is 13.0. The molecule has 0 aliphatic rings. The molecule has 0 bridgehead atoms. The predicted octanol–water partition coefficient (Wildman–Crippen LogP) is 1.96. The third-order valence-electron chi connectivity index (χ3n) is 2.09. The standard InChI is InChI=1S/C13H14O4/c1-9(14)7-11(15)5-3-10-4-6-13(17-2)12(16)8-10/h3-6,8,16H,7H2,1-2H3. The van der Waals surface area contributed by atoms with Crippen LogP contribution in [0.4, 0.5) is 0 Å². The maximum Gasteiger partial charge on any atom is 0.163 e. The highest BCUT2D eigenvalue weighted by Crippen LogP contribution is 2.26. The second-order valence-electron chi connectivity index (χ2n) is 3.61. The molecule has 1 aromatic carbocycles. The predicted molar refractivity (Wildman–Crippen MR) is 64.0 cm³/mol. The van der Waals surface area contributed by atoms with Gasteiger partial charge < -0.3 is 9.84 Å². The molecule has 4 nitrogen and oxygen atoms in total. The molecule has 1 aromatic rings. The van der Waals surface area contributed by atoms with Gasteiger partial charge in [0.25, 0.3) is 0 Å². The van der Waals surface area contributed by atoms with Gasteiger partial charge in [0.15, 0.2) is 17.3 Å². The van der Waals surface area contributed by atoms with Gasteiger partial charge in [-0.15, -0.1) is 0 Å². The average Bonchev–Trinajstić information content (AvgIpc) is 2.25. The molecule has 0 heterocycles. The lowest BCUT2D eigenvalue weighted by Gasteiger charge is -2.03.